The van der Waals surface area contributed by atoms with Crippen molar-refractivity contribution in [3.8, 4) is 11.1 Å². The van der Waals surface area contributed by atoms with Crippen molar-refractivity contribution >= 4 is 21.7 Å². The lowest BCUT2D eigenvalue weighted by molar-refractivity contribution is 0.253. The number of benzene rings is 2. The number of nitrogens with one attached hydrogen (secondary N) is 1. The van der Waals surface area contributed by atoms with Crippen molar-refractivity contribution in [2.45, 2.75) is 4.90 Å². The normalized spacial score (nSPS) is 11.0. The van der Waals surface area contributed by atoms with Crippen LogP contribution in [0.4, 0.5) is 10.5 Å². The van der Waals surface area contributed by atoms with E-state index >= 15 is 0 Å². The first-order valence-corrected chi connectivity index (χ1v) is 7.15. The summed E-state index contributed by atoms with van der Waals surface area (Å²) in [6.07, 6.45) is 0. The average Bonchev–Trinajstić information content (AvgIpc) is 2.38. The number of carbonyl (C=O) groups is 1. The van der Waals surface area contributed by atoms with Crippen molar-refractivity contribution in [1.29, 1.82) is 0 Å². The van der Waals surface area contributed by atoms with Gasteiger partial charge < -0.3 is 11.5 Å². The van der Waals surface area contributed by atoms with Gasteiger partial charge in [-0.3, -0.25) is 0 Å². The van der Waals surface area contributed by atoms with Crippen LogP contribution < -0.4 is 16.2 Å². The fraction of sp³-hybridized carbons (Fsp3) is 0. The van der Waals surface area contributed by atoms with Gasteiger partial charge in [0.25, 0.3) is 10.0 Å². The van der Waals surface area contributed by atoms with Crippen LogP contribution in [0.5, 0.6) is 0 Å². The van der Waals surface area contributed by atoms with E-state index in [1.807, 2.05) is 12.1 Å². The number of hydrogen-bond acceptors (Lipinski definition) is 4. The van der Waals surface area contributed by atoms with Gasteiger partial charge in [-0.05, 0) is 35.4 Å². The van der Waals surface area contributed by atoms with Crippen LogP contribution in [0.25, 0.3) is 11.1 Å². The van der Waals surface area contributed by atoms with Crippen LogP contribution in [0.15, 0.2) is 53.4 Å². The SMILES string of the molecule is NC(=O)NS(=O)(=O)c1ccc(-c2ccc(N)cc2)cc1. The second kappa shape index (κ2) is 5.22. The van der Waals surface area contributed by atoms with Crippen molar-refractivity contribution in [3.05, 3.63) is 48.5 Å². The van der Waals surface area contributed by atoms with Gasteiger partial charge in [-0.25, -0.2) is 17.9 Å². The molecule has 2 amide bonds. The Hall–Kier alpha value is -2.54. The maximum atomic E-state index is 11.7. The van der Waals surface area contributed by atoms with Crippen LogP contribution in [0, 0.1) is 0 Å². The van der Waals surface area contributed by atoms with Gasteiger partial charge in [-0.1, -0.05) is 24.3 Å². The Morgan fingerprint density at radius 3 is 1.80 bits per heavy atom. The quantitative estimate of drug-likeness (QED) is 0.739. The van der Waals surface area contributed by atoms with Gasteiger partial charge in [0.15, 0.2) is 0 Å². The molecule has 104 valence electrons. The van der Waals surface area contributed by atoms with Gasteiger partial charge >= 0.3 is 6.03 Å². The van der Waals surface area contributed by atoms with Crippen molar-refractivity contribution in [2.24, 2.45) is 5.73 Å². The van der Waals surface area contributed by atoms with E-state index in [-0.39, 0.29) is 4.90 Å². The Kier molecular flexibility index (Phi) is 3.62. The highest BCUT2D eigenvalue weighted by Crippen LogP contribution is 2.22. The standard InChI is InChI=1S/C13H13N3O3S/c14-11-5-1-9(2-6-11)10-3-7-12(8-4-10)20(18,19)16-13(15)17/h1-8H,14H2,(H3,15,16,17). The predicted molar refractivity (Wildman–Crippen MR) is 76.2 cm³/mol. The fourth-order valence-electron chi connectivity index (χ4n) is 1.69. The molecule has 0 radical (unpaired) electrons. The Labute approximate surface area is 116 Å². The number of anilines is 1. The Morgan fingerprint density at radius 2 is 1.35 bits per heavy atom. The van der Waals surface area contributed by atoms with E-state index in [0.29, 0.717) is 5.69 Å². The van der Waals surface area contributed by atoms with Gasteiger partial charge in [-0.2, -0.15) is 0 Å². The van der Waals surface area contributed by atoms with E-state index in [2.05, 4.69) is 0 Å². The summed E-state index contributed by atoms with van der Waals surface area (Å²) >= 11 is 0. The molecule has 0 spiro atoms. The van der Waals surface area contributed by atoms with Crippen LogP contribution in [0.3, 0.4) is 0 Å². The van der Waals surface area contributed by atoms with Crippen molar-refractivity contribution in [3.63, 3.8) is 0 Å². The minimum atomic E-state index is -3.91. The lowest BCUT2D eigenvalue weighted by Crippen LogP contribution is -2.34. The molecule has 2 aromatic carbocycles. The van der Waals surface area contributed by atoms with E-state index in [1.54, 1.807) is 29.0 Å². The second-order valence-electron chi connectivity index (χ2n) is 4.12. The summed E-state index contributed by atoms with van der Waals surface area (Å²) in [6.45, 7) is 0. The fourth-order valence-corrected chi connectivity index (χ4v) is 2.57. The Morgan fingerprint density at radius 1 is 0.900 bits per heavy atom. The third-order valence-electron chi connectivity index (χ3n) is 2.64. The third-order valence-corrected chi connectivity index (χ3v) is 4.01. The zero-order chi connectivity index (χ0) is 14.8. The van der Waals surface area contributed by atoms with Crippen LogP contribution in [0.1, 0.15) is 0 Å². The van der Waals surface area contributed by atoms with Gasteiger partial charge in [0.05, 0.1) is 4.90 Å². The number of nitrogen functional groups attached to an aromatic ring is 1. The molecular formula is C13H13N3O3S. The van der Waals surface area contributed by atoms with E-state index in [9.17, 15) is 13.2 Å². The maximum absolute atomic E-state index is 11.7. The molecule has 0 aliphatic heterocycles. The van der Waals surface area contributed by atoms with Crippen LogP contribution in [-0.2, 0) is 10.0 Å². The molecule has 0 atom stereocenters. The first kappa shape index (κ1) is 13.9. The van der Waals surface area contributed by atoms with Crippen molar-refractivity contribution in [2.75, 3.05) is 5.73 Å². The molecule has 6 nitrogen and oxygen atoms in total. The molecular weight excluding hydrogens is 278 g/mol. The summed E-state index contributed by atoms with van der Waals surface area (Å²) in [7, 11) is -3.91. The summed E-state index contributed by atoms with van der Waals surface area (Å²) in [4.78, 5) is 10.6. The molecule has 0 fully saturated rings. The first-order valence-electron chi connectivity index (χ1n) is 5.67. The molecule has 0 aromatic heterocycles. The molecule has 0 aliphatic carbocycles. The minimum Gasteiger partial charge on any atom is -0.399 e. The minimum absolute atomic E-state index is 0.0319. The number of sulfonamides is 1. The van der Waals surface area contributed by atoms with E-state index in [4.69, 9.17) is 11.5 Å². The summed E-state index contributed by atoms with van der Waals surface area (Å²) in [6, 6.07) is 12.1. The molecule has 0 bridgehead atoms. The molecule has 7 heteroatoms. The number of rotatable bonds is 3. The largest absolute Gasteiger partial charge is 0.399 e. The highest BCUT2D eigenvalue weighted by molar-refractivity contribution is 7.90. The topological polar surface area (TPSA) is 115 Å². The Bertz CT molecular complexity index is 722. The molecule has 0 heterocycles. The number of urea groups is 1. The molecule has 0 saturated carbocycles. The van der Waals surface area contributed by atoms with Gasteiger partial charge in [0, 0.05) is 5.69 Å². The average molecular weight is 291 g/mol. The van der Waals surface area contributed by atoms with Gasteiger partial charge in [-0.15, -0.1) is 0 Å². The Balaban J connectivity index is 2.31. The smallest absolute Gasteiger partial charge is 0.326 e. The number of carbonyl (C=O) groups excluding carboxylic acids is 1. The predicted octanol–water partition coefficient (Wildman–Crippen LogP) is 1.29. The molecule has 5 N–H and O–H groups in total. The first-order chi connectivity index (χ1) is 9.38. The molecule has 2 aromatic rings. The zero-order valence-electron chi connectivity index (χ0n) is 10.4. The molecule has 0 saturated heterocycles. The third kappa shape index (κ3) is 3.07. The monoisotopic (exact) mass is 291 g/mol. The van der Waals surface area contributed by atoms with E-state index in [1.165, 1.54) is 12.1 Å². The van der Waals surface area contributed by atoms with Crippen LogP contribution in [0.2, 0.25) is 0 Å². The van der Waals surface area contributed by atoms with E-state index < -0.39 is 16.1 Å². The lowest BCUT2D eigenvalue weighted by atomic mass is 10.1. The number of hydrogen-bond donors (Lipinski definition) is 3. The van der Waals surface area contributed by atoms with Gasteiger partial charge in [0.1, 0.15) is 0 Å². The van der Waals surface area contributed by atoms with Crippen LogP contribution in [-0.4, -0.2) is 14.4 Å². The van der Waals surface area contributed by atoms with Crippen molar-refractivity contribution < 1.29 is 13.2 Å². The summed E-state index contributed by atoms with van der Waals surface area (Å²) < 4.78 is 25.1. The summed E-state index contributed by atoms with van der Waals surface area (Å²) in [5, 5.41) is 0. The molecule has 20 heavy (non-hydrogen) atoms. The van der Waals surface area contributed by atoms with Gasteiger partial charge in [0.2, 0.25) is 0 Å². The lowest BCUT2D eigenvalue weighted by Gasteiger charge is -2.06. The van der Waals surface area contributed by atoms with Crippen LogP contribution >= 0.6 is 0 Å². The summed E-state index contributed by atoms with van der Waals surface area (Å²) in [5.74, 6) is 0. The van der Waals surface area contributed by atoms with Crippen molar-refractivity contribution in [1.82, 2.24) is 4.72 Å². The zero-order valence-corrected chi connectivity index (χ0v) is 11.2. The van der Waals surface area contributed by atoms with E-state index in [0.717, 1.165) is 11.1 Å². The highest BCUT2D eigenvalue weighted by atomic mass is 32.2. The molecule has 0 aliphatic rings. The second-order valence-corrected chi connectivity index (χ2v) is 5.80. The molecule has 0 unspecified atom stereocenters. The maximum Gasteiger partial charge on any atom is 0.326 e. The molecule has 2 rings (SSSR count). The highest BCUT2D eigenvalue weighted by Gasteiger charge is 2.15. The summed E-state index contributed by atoms with van der Waals surface area (Å²) in [5.41, 5.74) is 12.8. The number of nitrogens with two attached hydrogens (primary N) is 2. The number of primary amides is 1. The number of amides is 2.